The van der Waals surface area contributed by atoms with Crippen LogP contribution in [-0.4, -0.2) is 50.8 Å². The average molecular weight is 439 g/mol. The smallest absolute Gasteiger partial charge is 0.337 e. The minimum absolute atomic E-state index is 0.198. The molecule has 0 fully saturated rings. The third-order valence-electron chi connectivity index (χ3n) is 5.30. The Kier molecular flexibility index (Phi) is 5.71. The van der Waals surface area contributed by atoms with E-state index in [-0.39, 0.29) is 5.56 Å². The predicted molar refractivity (Wildman–Crippen MR) is 121 cm³/mol. The lowest BCUT2D eigenvalue weighted by Gasteiger charge is -2.26. The van der Waals surface area contributed by atoms with E-state index < -0.39 is 43.6 Å². The molecule has 0 unspecified atom stereocenters. The molecule has 0 saturated carbocycles. The van der Waals surface area contributed by atoms with Gasteiger partial charge in [0.1, 0.15) is 15.7 Å². The standard InChI is InChI=1S/C19H20B3NO7S/c1-28-17(25)11-6-5-9-13(10-11)18(20)15(24)14(16(23)29-18)30-31(26,27)19(21,22)12-7-3-2-4-8-12/h2-10H,20-23H2,1H3/t18-/m1/s1. The fraction of sp³-hybridized carbons (Fsp3) is 0.158. The van der Waals surface area contributed by atoms with Crippen LogP contribution in [0.1, 0.15) is 21.5 Å². The summed E-state index contributed by atoms with van der Waals surface area (Å²) >= 11 is 0. The molecule has 1 aliphatic heterocycles. The molecule has 3 rings (SSSR count). The average Bonchev–Trinajstić information content (AvgIpc) is 2.97. The Morgan fingerprint density at radius 1 is 1.13 bits per heavy atom. The van der Waals surface area contributed by atoms with Crippen LogP contribution in [0.3, 0.4) is 0 Å². The Morgan fingerprint density at radius 3 is 2.39 bits per heavy atom. The minimum Gasteiger partial charge on any atom is -0.467 e. The minimum atomic E-state index is -4.33. The molecule has 2 aromatic rings. The highest BCUT2D eigenvalue weighted by atomic mass is 32.2. The van der Waals surface area contributed by atoms with E-state index in [0.29, 0.717) is 11.1 Å². The number of hydrogen-bond donors (Lipinski definition) is 1. The van der Waals surface area contributed by atoms with Gasteiger partial charge in [0.2, 0.25) is 17.4 Å². The van der Waals surface area contributed by atoms with E-state index in [9.17, 15) is 18.0 Å². The van der Waals surface area contributed by atoms with Crippen LogP contribution in [0.4, 0.5) is 0 Å². The molecule has 1 heterocycles. The molecule has 1 atom stereocenters. The number of hydrogen-bond acceptors (Lipinski definition) is 8. The van der Waals surface area contributed by atoms with E-state index >= 15 is 0 Å². The first-order valence-corrected chi connectivity index (χ1v) is 10.8. The second-order valence-electron chi connectivity index (χ2n) is 7.64. The second kappa shape index (κ2) is 7.84. The first-order chi connectivity index (χ1) is 14.4. The number of nitrogens with two attached hydrogens (primary N) is 1. The second-order valence-corrected chi connectivity index (χ2v) is 9.74. The molecule has 158 valence electrons. The zero-order valence-corrected chi connectivity index (χ0v) is 18.4. The van der Waals surface area contributed by atoms with Gasteiger partial charge in [0.15, 0.2) is 13.3 Å². The van der Waals surface area contributed by atoms with E-state index in [0.717, 1.165) is 0 Å². The Morgan fingerprint density at radius 2 is 1.77 bits per heavy atom. The molecule has 0 aliphatic carbocycles. The molecule has 0 amide bonds. The summed E-state index contributed by atoms with van der Waals surface area (Å²) in [6.45, 7) is 0. The van der Waals surface area contributed by atoms with Crippen LogP contribution in [0.25, 0.3) is 0 Å². The van der Waals surface area contributed by atoms with Crippen molar-refractivity contribution >= 4 is 45.4 Å². The van der Waals surface area contributed by atoms with Crippen molar-refractivity contribution < 1.29 is 31.7 Å². The summed E-state index contributed by atoms with van der Waals surface area (Å²) in [6, 6.07) is 14.5. The number of methoxy groups -OCH3 is 1. The number of carbonyl (C=O) groups is 2. The van der Waals surface area contributed by atoms with E-state index in [4.69, 9.17) is 19.4 Å². The summed E-state index contributed by atoms with van der Waals surface area (Å²) < 4.78 is 40.1. The van der Waals surface area contributed by atoms with E-state index in [1.165, 1.54) is 42.8 Å². The predicted octanol–water partition coefficient (Wildman–Crippen LogP) is -1.59. The Balaban J connectivity index is 1.94. The number of esters is 1. The number of rotatable bonds is 6. The molecule has 8 nitrogen and oxygen atoms in total. The van der Waals surface area contributed by atoms with Crippen molar-refractivity contribution in [3.05, 3.63) is 82.9 Å². The van der Waals surface area contributed by atoms with Gasteiger partial charge in [0.05, 0.1) is 17.2 Å². The Bertz CT molecular complexity index is 1180. The van der Waals surface area contributed by atoms with Crippen molar-refractivity contribution in [2.45, 2.75) is 10.0 Å². The van der Waals surface area contributed by atoms with Gasteiger partial charge in [-0.15, -0.1) is 0 Å². The van der Waals surface area contributed by atoms with Crippen molar-refractivity contribution in [3.63, 3.8) is 0 Å². The molecule has 31 heavy (non-hydrogen) atoms. The van der Waals surface area contributed by atoms with Gasteiger partial charge < -0.3 is 19.4 Å². The van der Waals surface area contributed by atoms with Gasteiger partial charge >= 0.3 is 16.1 Å². The molecule has 2 aromatic carbocycles. The zero-order chi connectivity index (χ0) is 23.0. The van der Waals surface area contributed by atoms with Crippen LogP contribution < -0.4 is 5.73 Å². The van der Waals surface area contributed by atoms with Gasteiger partial charge in [-0.3, -0.25) is 4.79 Å². The highest BCUT2D eigenvalue weighted by Crippen LogP contribution is 2.38. The molecule has 0 saturated heterocycles. The van der Waals surface area contributed by atoms with Crippen LogP contribution in [0, 0.1) is 0 Å². The molecule has 12 heteroatoms. The molecule has 1 aliphatic rings. The molecule has 0 radical (unpaired) electrons. The summed E-state index contributed by atoms with van der Waals surface area (Å²) in [4.78, 5) is 25.0. The van der Waals surface area contributed by atoms with Gasteiger partial charge in [-0.1, -0.05) is 42.5 Å². The topological polar surface area (TPSA) is 122 Å². The zero-order valence-electron chi connectivity index (χ0n) is 17.5. The van der Waals surface area contributed by atoms with Crippen LogP contribution >= 0.6 is 0 Å². The van der Waals surface area contributed by atoms with E-state index in [1.54, 1.807) is 42.5 Å². The maximum atomic E-state index is 13.2. The van der Waals surface area contributed by atoms with Crippen molar-refractivity contribution in [1.82, 2.24) is 0 Å². The number of Topliss-reactive ketones (excluding diaryl/α,β-unsaturated/α-hetero) is 1. The highest BCUT2D eigenvalue weighted by Gasteiger charge is 2.51. The number of carbonyl (C=O) groups excluding carboxylic acids is 2. The molecule has 0 aromatic heterocycles. The monoisotopic (exact) mass is 439 g/mol. The fourth-order valence-electron chi connectivity index (χ4n) is 3.17. The summed E-state index contributed by atoms with van der Waals surface area (Å²) in [7, 11) is 1.25. The largest absolute Gasteiger partial charge is 0.467 e. The normalized spacial score (nSPS) is 19.1. The SMILES string of the molecule is BC(B)(c1ccccc1)S(=O)(=O)OC1=C(N)O[C@](B)(c2cccc(C(=O)OC)c2)C1=O. The van der Waals surface area contributed by atoms with Crippen LogP contribution in [0.5, 0.6) is 0 Å². The number of benzene rings is 2. The maximum Gasteiger partial charge on any atom is 0.337 e. The van der Waals surface area contributed by atoms with E-state index in [1.807, 2.05) is 0 Å². The van der Waals surface area contributed by atoms with Crippen molar-refractivity contribution in [1.29, 1.82) is 0 Å². The van der Waals surface area contributed by atoms with Gasteiger partial charge in [-0.25, -0.2) is 4.79 Å². The van der Waals surface area contributed by atoms with Gasteiger partial charge in [0.25, 0.3) is 0 Å². The molecular weight excluding hydrogens is 419 g/mol. The molecule has 0 bridgehead atoms. The van der Waals surface area contributed by atoms with Gasteiger partial charge in [-0.2, -0.15) is 8.42 Å². The van der Waals surface area contributed by atoms with Crippen LogP contribution in [0.15, 0.2) is 66.2 Å². The van der Waals surface area contributed by atoms with Crippen molar-refractivity contribution in [2.24, 2.45) is 5.73 Å². The number of ether oxygens (including phenoxy) is 2. The summed E-state index contributed by atoms with van der Waals surface area (Å²) in [5.41, 5.74) is 5.15. The highest BCUT2D eigenvalue weighted by molar-refractivity contribution is 7.90. The first-order valence-electron chi connectivity index (χ1n) is 9.36. The van der Waals surface area contributed by atoms with E-state index in [2.05, 4.69) is 0 Å². The van der Waals surface area contributed by atoms with Gasteiger partial charge in [0, 0.05) is 0 Å². The van der Waals surface area contributed by atoms with Crippen molar-refractivity contribution in [3.8, 4) is 0 Å². The third-order valence-corrected chi connectivity index (χ3v) is 7.17. The maximum absolute atomic E-state index is 13.2. The molecule has 0 spiro atoms. The van der Waals surface area contributed by atoms with Gasteiger partial charge in [-0.05, 0) is 23.3 Å². The summed E-state index contributed by atoms with van der Waals surface area (Å²) in [5, 5.41) is 0. The van der Waals surface area contributed by atoms with Crippen LogP contribution in [0.2, 0.25) is 0 Å². The lowest BCUT2D eigenvalue weighted by Crippen LogP contribution is -2.40. The van der Waals surface area contributed by atoms with Crippen LogP contribution in [-0.2, 0) is 38.6 Å². The molecular formula is C19H20B3NO7S. The first kappa shape index (κ1) is 22.5. The number of ketones is 1. The van der Waals surface area contributed by atoms with Crippen molar-refractivity contribution in [2.75, 3.05) is 7.11 Å². The third kappa shape index (κ3) is 3.83. The lowest BCUT2D eigenvalue weighted by atomic mass is 9.65. The fourth-order valence-corrected chi connectivity index (χ4v) is 4.18. The molecule has 2 N–H and O–H groups in total. The quantitative estimate of drug-likeness (QED) is 0.325. The Labute approximate surface area is 183 Å². The Hall–Kier alpha value is -3.14. The summed E-state index contributed by atoms with van der Waals surface area (Å²) in [5.74, 6) is -2.43. The lowest BCUT2D eigenvalue weighted by molar-refractivity contribution is -0.126. The summed E-state index contributed by atoms with van der Waals surface area (Å²) in [6.07, 6.45) is 0.